The van der Waals surface area contributed by atoms with Crippen LogP contribution in [-0.2, 0) is 0 Å². The molecule has 1 saturated carbocycles. The van der Waals surface area contributed by atoms with Gasteiger partial charge in [0, 0.05) is 49.7 Å². The van der Waals surface area contributed by atoms with Crippen LogP contribution < -0.4 is 15.5 Å². The molecule has 0 saturated heterocycles. The summed E-state index contributed by atoms with van der Waals surface area (Å²) in [6, 6.07) is 5.58. The van der Waals surface area contributed by atoms with E-state index in [1.807, 2.05) is 33.3 Å². The minimum absolute atomic E-state index is 0.0296. The van der Waals surface area contributed by atoms with Crippen LogP contribution in [0.25, 0.3) is 0 Å². The Morgan fingerprint density at radius 2 is 1.75 bits per heavy atom. The lowest BCUT2D eigenvalue weighted by Gasteiger charge is -2.30. The number of carbonyl (C=O) groups is 1. The summed E-state index contributed by atoms with van der Waals surface area (Å²) in [5.74, 6) is -1.48. The smallest absolute Gasteiger partial charge is 0.251 e. The minimum atomic E-state index is -1.01. The molecular weight excluding hydrogens is 362 g/mol. The lowest BCUT2D eigenvalue weighted by Crippen LogP contribution is -2.40. The third-order valence-corrected chi connectivity index (χ3v) is 5.15. The third kappa shape index (κ3) is 4.77. The number of aromatic nitrogens is 1. The predicted octanol–water partition coefficient (Wildman–Crippen LogP) is 3.89. The van der Waals surface area contributed by atoms with Gasteiger partial charge in [-0.05, 0) is 56.4 Å². The Balaban J connectivity index is 1.52. The Morgan fingerprint density at radius 1 is 1.07 bits per heavy atom. The fourth-order valence-corrected chi connectivity index (χ4v) is 3.57. The highest BCUT2D eigenvalue weighted by atomic mass is 19.2. The molecule has 1 heterocycles. The molecule has 2 N–H and O–H groups in total. The molecule has 0 unspecified atom stereocenters. The van der Waals surface area contributed by atoms with Crippen LogP contribution in [0.4, 0.5) is 20.3 Å². The molecule has 1 aromatic carbocycles. The molecule has 150 valence electrons. The summed E-state index contributed by atoms with van der Waals surface area (Å²) in [6.45, 7) is 2.03. The molecule has 0 bridgehead atoms. The molecule has 7 heteroatoms. The summed E-state index contributed by atoms with van der Waals surface area (Å²) >= 11 is 0. The highest BCUT2D eigenvalue weighted by molar-refractivity contribution is 5.94. The zero-order chi connectivity index (χ0) is 20.3. The normalized spacial score (nSPS) is 19.2. The topological polar surface area (TPSA) is 57.3 Å². The quantitative estimate of drug-likeness (QED) is 0.816. The first kappa shape index (κ1) is 20.0. The third-order valence-electron chi connectivity index (χ3n) is 5.15. The van der Waals surface area contributed by atoms with Gasteiger partial charge >= 0.3 is 0 Å². The Kier molecular flexibility index (Phi) is 6.11. The summed E-state index contributed by atoms with van der Waals surface area (Å²) in [5.41, 5.74) is 2.39. The summed E-state index contributed by atoms with van der Waals surface area (Å²) in [4.78, 5) is 18.8. The number of amides is 1. The van der Waals surface area contributed by atoms with E-state index in [1.165, 1.54) is 6.07 Å². The summed E-state index contributed by atoms with van der Waals surface area (Å²) in [6.07, 6.45) is 5.30. The largest absolute Gasteiger partial charge is 0.377 e. The van der Waals surface area contributed by atoms with Crippen LogP contribution in [0, 0.1) is 18.6 Å². The number of benzene rings is 1. The number of halogens is 2. The monoisotopic (exact) mass is 388 g/mol. The lowest BCUT2D eigenvalue weighted by molar-refractivity contribution is 0.0926. The van der Waals surface area contributed by atoms with Crippen molar-refractivity contribution in [3.63, 3.8) is 0 Å². The van der Waals surface area contributed by atoms with E-state index in [0.29, 0.717) is 6.04 Å². The molecule has 28 heavy (non-hydrogen) atoms. The molecule has 0 atom stereocenters. The number of pyridine rings is 1. The molecule has 1 aromatic heterocycles. The second kappa shape index (κ2) is 8.54. The molecule has 3 rings (SSSR count). The molecule has 1 fully saturated rings. The van der Waals surface area contributed by atoms with Crippen LogP contribution in [0.5, 0.6) is 0 Å². The predicted molar refractivity (Wildman–Crippen MR) is 107 cm³/mol. The van der Waals surface area contributed by atoms with Gasteiger partial charge in [0.2, 0.25) is 0 Å². The first-order valence-electron chi connectivity index (χ1n) is 9.50. The molecule has 0 spiro atoms. The van der Waals surface area contributed by atoms with Crippen LogP contribution >= 0.6 is 0 Å². The molecule has 1 amide bonds. The zero-order valence-corrected chi connectivity index (χ0v) is 16.4. The second-order valence-electron chi connectivity index (χ2n) is 7.55. The minimum Gasteiger partial charge on any atom is -0.377 e. The molecule has 2 aromatic rings. The summed E-state index contributed by atoms with van der Waals surface area (Å²) in [5, 5.41) is 6.40. The maximum Gasteiger partial charge on any atom is 0.251 e. The van der Waals surface area contributed by atoms with E-state index in [4.69, 9.17) is 0 Å². The van der Waals surface area contributed by atoms with Crippen molar-refractivity contribution >= 4 is 17.4 Å². The molecule has 0 aliphatic heterocycles. The van der Waals surface area contributed by atoms with Crippen molar-refractivity contribution in [2.75, 3.05) is 24.3 Å². The summed E-state index contributed by atoms with van der Waals surface area (Å²) in [7, 11) is 4.01. The molecule has 0 radical (unpaired) electrons. The van der Waals surface area contributed by atoms with Crippen LogP contribution in [0.1, 0.15) is 41.6 Å². The van der Waals surface area contributed by atoms with Crippen LogP contribution in [0.15, 0.2) is 30.5 Å². The number of nitrogens with one attached hydrogen (secondary N) is 2. The lowest BCUT2D eigenvalue weighted by atomic mass is 9.91. The number of anilines is 2. The van der Waals surface area contributed by atoms with Crippen molar-refractivity contribution < 1.29 is 13.6 Å². The van der Waals surface area contributed by atoms with Gasteiger partial charge in [-0.1, -0.05) is 0 Å². The Labute approximate surface area is 164 Å². The van der Waals surface area contributed by atoms with Gasteiger partial charge in [-0.25, -0.2) is 13.8 Å². The van der Waals surface area contributed by atoms with Crippen molar-refractivity contribution in [2.24, 2.45) is 0 Å². The Morgan fingerprint density at radius 3 is 2.39 bits per heavy atom. The highest BCUT2D eigenvalue weighted by Gasteiger charge is 2.23. The molecule has 5 nitrogen and oxygen atoms in total. The number of hydrogen-bond donors (Lipinski definition) is 2. The van der Waals surface area contributed by atoms with Crippen LogP contribution in [0.3, 0.4) is 0 Å². The maximum absolute atomic E-state index is 13.3. The van der Waals surface area contributed by atoms with Gasteiger partial charge in [0.25, 0.3) is 5.91 Å². The highest BCUT2D eigenvalue weighted by Crippen LogP contribution is 2.25. The Bertz CT molecular complexity index is 848. The Hall–Kier alpha value is -2.70. The fraction of sp³-hybridized carbons (Fsp3) is 0.429. The van der Waals surface area contributed by atoms with E-state index in [-0.39, 0.29) is 17.5 Å². The van der Waals surface area contributed by atoms with Gasteiger partial charge in [-0.15, -0.1) is 0 Å². The number of carbonyl (C=O) groups excluding carboxylic acids is 1. The molecular formula is C21H26F2N4O. The average Bonchev–Trinajstić information content (AvgIpc) is 2.66. The van der Waals surface area contributed by atoms with Crippen molar-refractivity contribution in [2.45, 2.75) is 44.7 Å². The van der Waals surface area contributed by atoms with E-state index >= 15 is 0 Å². The van der Waals surface area contributed by atoms with Gasteiger partial charge in [0.15, 0.2) is 11.6 Å². The van der Waals surface area contributed by atoms with Crippen LogP contribution in [-0.4, -0.2) is 37.1 Å². The standard InChI is InChI=1S/C21H26F2N4O/c1-13-12-24-20(11-19(13)27(2)3)25-15-5-7-16(8-6-15)26-21(28)14-4-9-17(22)18(23)10-14/h4,9-12,15-16H,5-8H2,1-3H3,(H,24,25)(H,26,28). The van der Waals surface area contributed by atoms with Gasteiger partial charge < -0.3 is 15.5 Å². The number of hydrogen-bond acceptors (Lipinski definition) is 4. The first-order valence-corrected chi connectivity index (χ1v) is 9.50. The average molecular weight is 388 g/mol. The van der Waals surface area contributed by atoms with Crippen molar-refractivity contribution in [3.8, 4) is 0 Å². The summed E-state index contributed by atoms with van der Waals surface area (Å²) < 4.78 is 26.3. The number of rotatable bonds is 5. The van der Waals surface area contributed by atoms with Crippen molar-refractivity contribution in [1.29, 1.82) is 0 Å². The maximum atomic E-state index is 13.3. The van der Waals surface area contributed by atoms with E-state index in [1.54, 1.807) is 0 Å². The van der Waals surface area contributed by atoms with Gasteiger partial charge in [0.1, 0.15) is 5.82 Å². The van der Waals surface area contributed by atoms with Gasteiger partial charge in [-0.3, -0.25) is 4.79 Å². The fourth-order valence-electron chi connectivity index (χ4n) is 3.57. The second-order valence-corrected chi connectivity index (χ2v) is 7.55. The van der Waals surface area contributed by atoms with E-state index in [2.05, 4.69) is 20.5 Å². The molecule has 1 aliphatic carbocycles. The number of aryl methyl sites for hydroxylation is 1. The van der Waals surface area contributed by atoms with Crippen molar-refractivity contribution in [3.05, 3.63) is 53.2 Å². The number of nitrogens with zero attached hydrogens (tertiary/aromatic N) is 2. The van der Waals surface area contributed by atoms with Crippen LogP contribution in [0.2, 0.25) is 0 Å². The van der Waals surface area contributed by atoms with E-state index in [0.717, 1.165) is 54.9 Å². The first-order chi connectivity index (χ1) is 13.3. The SMILES string of the molecule is Cc1cnc(NC2CCC(NC(=O)c3ccc(F)c(F)c3)CC2)cc1N(C)C. The zero-order valence-electron chi connectivity index (χ0n) is 16.4. The molecule has 1 aliphatic rings. The van der Waals surface area contributed by atoms with E-state index in [9.17, 15) is 13.6 Å². The van der Waals surface area contributed by atoms with E-state index < -0.39 is 11.6 Å². The van der Waals surface area contributed by atoms with Crippen molar-refractivity contribution in [1.82, 2.24) is 10.3 Å². The van der Waals surface area contributed by atoms with Gasteiger partial charge in [-0.2, -0.15) is 0 Å². The van der Waals surface area contributed by atoms with Gasteiger partial charge in [0.05, 0.1) is 0 Å².